The molecule has 1 aromatic heterocycles. The molecule has 0 saturated heterocycles. The molecule has 4 rings (SSSR count). The smallest absolute Gasteiger partial charge is 0.197 e. The summed E-state index contributed by atoms with van der Waals surface area (Å²) in [5, 5.41) is 3.91. The number of carbonyl (C=O) groups is 2. The van der Waals surface area contributed by atoms with E-state index in [0.29, 0.717) is 33.1 Å². The summed E-state index contributed by atoms with van der Waals surface area (Å²) >= 11 is 0. The molecule has 29 heavy (non-hydrogen) atoms. The fourth-order valence-corrected chi connectivity index (χ4v) is 3.81. The van der Waals surface area contributed by atoms with Gasteiger partial charge < -0.3 is 10.3 Å². The van der Waals surface area contributed by atoms with Gasteiger partial charge in [0.2, 0.25) is 0 Å². The van der Waals surface area contributed by atoms with Crippen molar-refractivity contribution in [1.82, 2.24) is 4.98 Å². The fourth-order valence-electron chi connectivity index (χ4n) is 3.81. The van der Waals surface area contributed by atoms with Crippen molar-refractivity contribution in [3.8, 4) is 0 Å². The average Bonchev–Trinajstić information content (AvgIpc) is 2.72. The Morgan fingerprint density at radius 1 is 0.931 bits per heavy atom. The Hall–Kier alpha value is -3.73. The first kappa shape index (κ1) is 18.6. The summed E-state index contributed by atoms with van der Waals surface area (Å²) in [4.78, 5) is 42.5. The molecular weight excluding hydrogens is 364 g/mol. The number of ketones is 2. The van der Waals surface area contributed by atoms with Crippen molar-refractivity contribution in [2.24, 2.45) is 0 Å². The zero-order valence-corrected chi connectivity index (χ0v) is 16.4. The van der Waals surface area contributed by atoms with E-state index in [1.54, 1.807) is 43.4 Å². The molecule has 0 saturated carbocycles. The van der Waals surface area contributed by atoms with E-state index in [1.165, 1.54) is 6.92 Å². The third-order valence-electron chi connectivity index (χ3n) is 5.24. The van der Waals surface area contributed by atoms with Crippen molar-refractivity contribution in [3.05, 3.63) is 87.1 Å². The van der Waals surface area contributed by atoms with Crippen molar-refractivity contribution in [3.63, 3.8) is 0 Å². The highest BCUT2D eigenvalue weighted by molar-refractivity contribution is 6.23. The monoisotopic (exact) mass is 384 g/mol. The van der Waals surface area contributed by atoms with Gasteiger partial charge in [-0.25, -0.2) is 0 Å². The van der Waals surface area contributed by atoms with Gasteiger partial charge in [-0.2, -0.15) is 0 Å². The molecule has 0 bridgehead atoms. The summed E-state index contributed by atoms with van der Waals surface area (Å²) in [6.45, 7) is 3.27. The van der Waals surface area contributed by atoms with E-state index in [-0.39, 0.29) is 28.1 Å². The number of rotatable bonds is 4. The number of hydrogen-bond donors (Lipinski definition) is 2. The summed E-state index contributed by atoms with van der Waals surface area (Å²) in [6, 6.07) is 16.1. The second-order valence-electron chi connectivity index (χ2n) is 7.05. The first-order valence-corrected chi connectivity index (χ1v) is 9.34. The lowest BCUT2D eigenvalue weighted by molar-refractivity contribution is 0.0992. The Labute approximate surface area is 167 Å². The highest BCUT2D eigenvalue weighted by Gasteiger charge is 2.25. The van der Waals surface area contributed by atoms with Gasteiger partial charge in [0.15, 0.2) is 17.0 Å². The Balaban J connectivity index is 2.17. The maximum absolute atomic E-state index is 13.5. The number of fused-ring (bicyclic) bond motifs is 2. The van der Waals surface area contributed by atoms with Crippen LogP contribution in [-0.4, -0.2) is 23.6 Å². The summed E-state index contributed by atoms with van der Waals surface area (Å²) in [6.07, 6.45) is 0. The number of anilines is 1. The van der Waals surface area contributed by atoms with E-state index in [4.69, 9.17) is 0 Å². The summed E-state index contributed by atoms with van der Waals surface area (Å²) in [5.74, 6) is -0.538. The number of carbonyl (C=O) groups excluding carboxylic acids is 2. The highest BCUT2D eigenvalue weighted by Crippen LogP contribution is 2.31. The molecule has 1 heterocycles. The first-order valence-electron chi connectivity index (χ1n) is 9.34. The molecule has 0 radical (unpaired) electrons. The normalized spacial score (nSPS) is 11.0. The van der Waals surface area contributed by atoms with Gasteiger partial charge in [-0.05, 0) is 37.6 Å². The maximum Gasteiger partial charge on any atom is 0.197 e. The number of para-hydroxylation sites is 1. The van der Waals surface area contributed by atoms with Crippen LogP contribution in [0.3, 0.4) is 0 Å². The second-order valence-corrected chi connectivity index (χ2v) is 7.05. The van der Waals surface area contributed by atoms with Crippen LogP contribution in [-0.2, 0) is 0 Å². The van der Waals surface area contributed by atoms with Gasteiger partial charge in [0.1, 0.15) is 0 Å². The number of H-pyrrole nitrogens is 1. The molecular formula is C24H20N2O3. The molecule has 0 aliphatic heterocycles. The number of Topliss-reactive ketones (excluding diaryl/α,β-unsaturated/α-hetero) is 1. The molecule has 0 unspecified atom stereocenters. The van der Waals surface area contributed by atoms with Gasteiger partial charge >= 0.3 is 0 Å². The van der Waals surface area contributed by atoms with Crippen molar-refractivity contribution in [1.29, 1.82) is 0 Å². The van der Waals surface area contributed by atoms with E-state index in [0.717, 1.165) is 5.56 Å². The molecule has 0 aliphatic carbocycles. The van der Waals surface area contributed by atoms with Crippen molar-refractivity contribution >= 4 is 39.1 Å². The van der Waals surface area contributed by atoms with E-state index in [9.17, 15) is 14.4 Å². The quantitative estimate of drug-likeness (QED) is 0.402. The van der Waals surface area contributed by atoms with Gasteiger partial charge in [0.05, 0.1) is 16.6 Å². The van der Waals surface area contributed by atoms with Gasteiger partial charge in [-0.3, -0.25) is 14.4 Å². The molecule has 0 spiro atoms. The van der Waals surface area contributed by atoms with Gasteiger partial charge in [-0.1, -0.05) is 36.4 Å². The predicted octanol–water partition coefficient (Wildman–Crippen LogP) is 4.47. The third kappa shape index (κ3) is 2.91. The van der Waals surface area contributed by atoms with Crippen molar-refractivity contribution in [2.45, 2.75) is 13.8 Å². The zero-order valence-electron chi connectivity index (χ0n) is 16.4. The minimum atomic E-state index is -0.282. The second kappa shape index (κ2) is 7.02. The number of aryl methyl sites for hydroxylation is 1. The average molecular weight is 384 g/mol. The molecule has 5 heteroatoms. The van der Waals surface area contributed by atoms with Crippen LogP contribution in [0.5, 0.6) is 0 Å². The summed E-state index contributed by atoms with van der Waals surface area (Å²) < 4.78 is 0. The largest absolute Gasteiger partial charge is 0.387 e. The van der Waals surface area contributed by atoms with Crippen molar-refractivity contribution in [2.75, 3.05) is 12.4 Å². The van der Waals surface area contributed by atoms with Crippen LogP contribution in [0.25, 0.3) is 21.8 Å². The lowest BCUT2D eigenvalue weighted by Gasteiger charge is -2.17. The molecule has 2 N–H and O–H groups in total. The van der Waals surface area contributed by atoms with E-state index >= 15 is 0 Å². The number of pyridine rings is 1. The molecule has 144 valence electrons. The molecule has 4 aromatic rings. The van der Waals surface area contributed by atoms with Crippen molar-refractivity contribution < 1.29 is 9.59 Å². The lowest BCUT2D eigenvalue weighted by atomic mass is 9.90. The Bertz CT molecular complexity index is 1370. The molecule has 0 aliphatic rings. The van der Waals surface area contributed by atoms with E-state index in [2.05, 4.69) is 10.3 Å². The lowest BCUT2D eigenvalue weighted by Crippen LogP contribution is -2.16. The van der Waals surface area contributed by atoms with Crippen LogP contribution in [0.1, 0.15) is 38.8 Å². The predicted molar refractivity (Wildman–Crippen MR) is 116 cm³/mol. The van der Waals surface area contributed by atoms with Gasteiger partial charge in [0.25, 0.3) is 0 Å². The summed E-state index contributed by atoms with van der Waals surface area (Å²) in [5.41, 5.74) is 3.13. The molecule has 0 amide bonds. The van der Waals surface area contributed by atoms with E-state index in [1.807, 2.05) is 25.1 Å². The molecule has 3 aromatic carbocycles. The number of aromatic nitrogens is 1. The molecule has 0 atom stereocenters. The number of hydrogen-bond acceptors (Lipinski definition) is 4. The first-order chi connectivity index (χ1) is 13.9. The molecule has 0 fully saturated rings. The van der Waals surface area contributed by atoms with Gasteiger partial charge in [-0.15, -0.1) is 0 Å². The Morgan fingerprint density at radius 2 is 1.62 bits per heavy atom. The van der Waals surface area contributed by atoms with Crippen LogP contribution in [0.15, 0.2) is 59.4 Å². The fraction of sp³-hybridized carbons (Fsp3) is 0.125. The minimum absolute atomic E-state index is 0.178. The number of benzene rings is 3. The summed E-state index contributed by atoms with van der Waals surface area (Å²) in [7, 11) is 1.68. The van der Waals surface area contributed by atoms with Crippen LogP contribution in [0.4, 0.5) is 5.69 Å². The van der Waals surface area contributed by atoms with E-state index < -0.39 is 0 Å². The molecule has 5 nitrogen and oxygen atoms in total. The maximum atomic E-state index is 13.5. The number of aromatic amines is 1. The highest BCUT2D eigenvalue weighted by atomic mass is 16.1. The van der Waals surface area contributed by atoms with Crippen LogP contribution in [0.2, 0.25) is 0 Å². The van der Waals surface area contributed by atoms with Crippen LogP contribution >= 0.6 is 0 Å². The van der Waals surface area contributed by atoms with Crippen LogP contribution in [0, 0.1) is 6.92 Å². The minimum Gasteiger partial charge on any atom is -0.387 e. The standard InChI is InChI=1S/C24H20N2O3/c1-13-8-4-5-9-15(13)24(29)21-19(25-3)12-17-22(20(21)14(2)27)26-18-11-7-6-10-16(18)23(17)28/h4-12,25H,1-3H3,(H,26,28). The third-order valence-corrected chi connectivity index (χ3v) is 5.24. The van der Waals surface area contributed by atoms with Gasteiger partial charge in [0, 0.05) is 34.6 Å². The van der Waals surface area contributed by atoms with Crippen LogP contribution < -0.4 is 10.7 Å². The Morgan fingerprint density at radius 3 is 2.31 bits per heavy atom. The topological polar surface area (TPSA) is 79.0 Å². The number of nitrogens with one attached hydrogen (secondary N) is 2. The zero-order chi connectivity index (χ0) is 20.7. The Kier molecular flexibility index (Phi) is 4.51. The SMILES string of the molecule is CNc1cc2c(=O)c3ccccc3[nH]c2c(C(C)=O)c1C(=O)c1ccccc1C.